The van der Waals surface area contributed by atoms with Crippen LogP contribution in [0.15, 0.2) is 24.3 Å². The molecule has 0 bridgehead atoms. The van der Waals surface area contributed by atoms with Gasteiger partial charge in [0.1, 0.15) is 6.61 Å². The SMILES string of the molecule is O=C1CCN(C(=O)CCOCC(F)(F)F)c2ccccc21. The average Bonchev–Trinajstić information content (AvgIpc) is 2.43. The van der Waals surface area contributed by atoms with E-state index in [4.69, 9.17) is 0 Å². The van der Waals surface area contributed by atoms with Crippen LogP contribution in [0.3, 0.4) is 0 Å². The van der Waals surface area contributed by atoms with Crippen LogP contribution in [0, 0.1) is 0 Å². The van der Waals surface area contributed by atoms with Crippen molar-refractivity contribution in [3.8, 4) is 0 Å². The maximum absolute atomic E-state index is 12.0. The van der Waals surface area contributed by atoms with E-state index in [0.29, 0.717) is 11.3 Å². The van der Waals surface area contributed by atoms with Crippen molar-refractivity contribution in [2.45, 2.75) is 19.0 Å². The first kappa shape index (κ1) is 15.5. The maximum Gasteiger partial charge on any atom is 0.411 e. The molecule has 1 aromatic carbocycles. The average molecular weight is 301 g/mol. The molecule has 4 nitrogen and oxygen atoms in total. The topological polar surface area (TPSA) is 46.6 Å². The molecule has 2 rings (SSSR count). The van der Waals surface area contributed by atoms with Crippen molar-refractivity contribution in [2.24, 2.45) is 0 Å². The minimum Gasteiger partial charge on any atom is -0.372 e. The number of nitrogens with zero attached hydrogens (tertiary/aromatic N) is 1. The molecule has 1 aliphatic rings. The summed E-state index contributed by atoms with van der Waals surface area (Å²) in [5.41, 5.74) is 0.975. The monoisotopic (exact) mass is 301 g/mol. The maximum atomic E-state index is 12.0. The molecule has 0 spiro atoms. The third-order valence-corrected chi connectivity index (χ3v) is 3.08. The van der Waals surface area contributed by atoms with Gasteiger partial charge in [-0.2, -0.15) is 13.2 Å². The highest BCUT2D eigenvalue weighted by Gasteiger charge is 2.29. The smallest absolute Gasteiger partial charge is 0.372 e. The Bertz CT molecular complexity index is 543. The highest BCUT2D eigenvalue weighted by Crippen LogP contribution is 2.27. The summed E-state index contributed by atoms with van der Waals surface area (Å²) >= 11 is 0. The zero-order valence-corrected chi connectivity index (χ0v) is 11.2. The van der Waals surface area contributed by atoms with Gasteiger partial charge in [0.25, 0.3) is 0 Å². The van der Waals surface area contributed by atoms with Gasteiger partial charge in [-0.25, -0.2) is 0 Å². The van der Waals surface area contributed by atoms with E-state index < -0.39 is 12.8 Å². The summed E-state index contributed by atoms with van der Waals surface area (Å²) in [6.07, 6.45) is -4.34. The summed E-state index contributed by atoms with van der Waals surface area (Å²) in [4.78, 5) is 25.2. The van der Waals surface area contributed by atoms with Crippen LogP contribution in [0.2, 0.25) is 0 Å². The van der Waals surface area contributed by atoms with Crippen molar-refractivity contribution >= 4 is 17.4 Å². The van der Waals surface area contributed by atoms with Crippen LogP contribution < -0.4 is 4.90 Å². The van der Waals surface area contributed by atoms with Gasteiger partial charge >= 0.3 is 6.18 Å². The molecule has 114 valence electrons. The third kappa shape index (κ3) is 4.04. The number of amides is 1. The van der Waals surface area contributed by atoms with Crippen molar-refractivity contribution < 1.29 is 27.5 Å². The van der Waals surface area contributed by atoms with Crippen LogP contribution in [0.5, 0.6) is 0 Å². The molecule has 0 unspecified atom stereocenters. The Morgan fingerprint density at radius 3 is 2.71 bits per heavy atom. The number of hydrogen-bond acceptors (Lipinski definition) is 3. The number of para-hydroxylation sites is 1. The van der Waals surface area contributed by atoms with E-state index in [1.54, 1.807) is 24.3 Å². The normalized spacial score (nSPS) is 15.0. The molecule has 1 heterocycles. The van der Waals surface area contributed by atoms with E-state index in [1.807, 2.05) is 0 Å². The van der Waals surface area contributed by atoms with Crippen LogP contribution in [-0.4, -0.2) is 37.6 Å². The van der Waals surface area contributed by atoms with Crippen LogP contribution >= 0.6 is 0 Å². The summed E-state index contributed by atoms with van der Waals surface area (Å²) in [5, 5.41) is 0. The summed E-state index contributed by atoms with van der Waals surface area (Å²) in [6, 6.07) is 6.70. The van der Waals surface area contributed by atoms with Crippen LogP contribution in [0.25, 0.3) is 0 Å². The Labute approximate surface area is 119 Å². The minimum atomic E-state index is -4.40. The molecule has 7 heteroatoms. The molecule has 0 aromatic heterocycles. The molecule has 0 N–H and O–H groups in total. The number of halogens is 3. The lowest BCUT2D eigenvalue weighted by molar-refractivity contribution is -0.174. The molecule has 0 fully saturated rings. The van der Waals surface area contributed by atoms with Gasteiger partial charge in [-0.05, 0) is 12.1 Å². The van der Waals surface area contributed by atoms with E-state index in [9.17, 15) is 22.8 Å². The van der Waals surface area contributed by atoms with E-state index in [1.165, 1.54) is 4.90 Å². The van der Waals surface area contributed by atoms with Gasteiger partial charge in [0.05, 0.1) is 18.7 Å². The first-order valence-electron chi connectivity index (χ1n) is 6.45. The Kier molecular flexibility index (Phi) is 4.62. The second kappa shape index (κ2) is 6.26. The van der Waals surface area contributed by atoms with E-state index >= 15 is 0 Å². The predicted octanol–water partition coefficient (Wildman–Crippen LogP) is 2.58. The molecule has 0 radical (unpaired) electrons. The molecule has 1 aromatic rings. The number of anilines is 1. The summed E-state index contributed by atoms with van der Waals surface area (Å²) in [6.45, 7) is -1.42. The fourth-order valence-electron chi connectivity index (χ4n) is 2.15. The van der Waals surface area contributed by atoms with E-state index in [-0.39, 0.29) is 37.7 Å². The van der Waals surface area contributed by atoms with Gasteiger partial charge in [-0.15, -0.1) is 0 Å². The van der Waals surface area contributed by atoms with Crippen molar-refractivity contribution in [1.82, 2.24) is 0 Å². The molecule has 0 saturated heterocycles. The molecule has 0 aliphatic carbocycles. The number of carbonyl (C=O) groups excluding carboxylic acids is 2. The van der Waals surface area contributed by atoms with Gasteiger partial charge < -0.3 is 9.64 Å². The Hall–Kier alpha value is -1.89. The zero-order valence-electron chi connectivity index (χ0n) is 11.2. The molecular formula is C14H14F3NO3. The van der Waals surface area contributed by atoms with E-state index in [0.717, 1.165) is 0 Å². The second-order valence-electron chi connectivity index (χ2n) is 4.65. The van der Waals surface area contributed by atoms with Gasteiger partial charge in [-0.3, -0.25) is 9.59 Å². The Morgan fingerprint density at radius 2 is 2.00 bits per heavy atom. The lowest BCUT2D eigenvalue weighted by atomic mass is 10.0. The van der Waals surface area contributed by atoms with Crippen molar-refractivity contribution in [3.05, 3.63) is 29.8 Å². The number of rotatable bonds is 4. The molecule has 0 saturated carbocycles. The van der Waals surface area contributed by atoms with Gasteiger partial charge in [-0.1, -0.05) is 12.1 Å². The van der Waals surface area contributed by atoms with Crippen molar-refractivity contribution in [1.29, 1.82) is 0 Å². The number of benzene rings is 1. The quantitative estimate of drug-likeness (QED) is 0.803. The molecule has 0 atom stereocenters. The fraction of sp³-hybridized carbons (Fsp3) is 0.429. The first-order valence-corrected chi connectivity index (χ1v) is 6.45. The standard InChI is InChI=1S/C14H14F3NO3/c15-14(16,17)9-21-8-6-13(20)18-7-5-12(19)10-3-1-2-4-11(10)18/h1-4H,5-9H2. The van der Waals surface area contributed by atoms with E-state index in [2.05, 4.69) is 4.74 Å². The fourth-order valence-corrected chi connectivity index (χ4v) is 2.15. The van der Waals surface area contributed by atoms with Crippen molar-refractivity contribution in [3.63, 3.8) is 0 Å². The lowest BCUT2D eigenvalue weighted by Crippen LogP contribution is -2.38. The first-order chi connectivity index (χ1) is 9.88. The highest BCUT2D eigenvalue weighted by molar-refractivity contribution is 6.08. The summed E-state index contributed by atoms with van der Waals surface area (Å²) < 4.78 is 40.2. The number of alkyl halides is 3. The number of ether oxygens (including phenoxy) is 1. The summed E-state index contributed by atoms with van der Waals surface area (Å²) in [7, 11) is 0. The summed E-state index contributed by atoms with van der Waals surface area (Å²) in [5.74, 6) is -0.389. The van der Waals surface area contributed by atoms with Crippen LogP contribution in [-0.2, 0) is 9.53 Å². The number of Topliss-reactive ketones (excluding diaryl/α,β-unsaturated/α-hetero) is 1. The van der Waals surface area contributed by atoms with Crippen LogP contribution in [0.4, 0.5) is 18.9 Å². The van der Waals surface area contributed by atoms with Gasteiger partial charge in [0, 0.05) is 18.5 Å². The minimum absolute atomic E-state index is 0.0389. The lowest BCUT2D eigenvalue weighted by Gasteiger charge is -2.28. The Balaban J connectivity index is 1.95. The molecule has 21 heavy (non-hydrogen) atoms. The van der Waals surface area contributed by atoms with Crippen LogP contribution in [0.1, 0.15) is 23.2 Å². The largest absolute Gasteiger partial charge is 0.411 e. The molecule has 1 amide bonds. The number of hydrogen-bond donors (Lipinski definition) is 0. The van der Waals surface area contributed by atoms with Gasteiger partial charge in [0.15, 0.2) is 5.78 Å². The zero-order chi connectivity index (χ0) is 15.5. The molecular weight excluding hydrogens is 287 g/mol. The highest BCUT2D eigenvalue weighted by atomic mass is 19.4. The number of ketones is 1. The predicted molar refractivity (Wildman–Crippen MR) is 69.2 cm³/mol. The van der Waals surface area contributed by atoms with Crippen molar-refractivity contribution in [2.75, 3.05) is 24.7 Å². The van der Waals surface area contributed by atoms with Gasteiger partial charge in [0.2, 0.25) is 5.91 Å². The third-order valence-electron chi connectivity index (χ3n) is 3.08. The second-order valence-corrected chi connectivity index (χ2v) is 4.65. The number of fused-ring (bicyclic) bond motifs is 1. The Morgan fingerprint density at radius 1 is 1.29 bits per heavy atom. The number of carbonyl (C=O) groups is 2. The molecule has 1 aliphatic heterocycles.